The van der Waals surface area contributed by atoms with Gasteiger partial charge in [0.2, 0.25) is 0 Å². The molecule has 0 aliphatic heterocycles. The van der Waals surface area contributed by atoms with Gasteiger partial charge in [0, 0.05) is 22.1 Å². The third kappa shape index (κ3) is 6.01. The Hall–Kier alpha value is -6.89. The van der Waals surface area contributed by atoms with Crippen LogP contribution in [0.2, 0.25) is 0 Å². The van der Waals surface area contributed by atoms with Crippen LogP contribution in [-0.4, -0.2) is 9.97 Å². The molecule has 1 fully saturated rings. The van der Waals surface area contributed by atoms with Crippen LogP contribution in [0.4, 0.5) is 5.69 Å². The summed E-state index contributed by atoms with van der Waals surface area (Å²) in [6, 6.07) is 62.6. The Balaban J connectivity index is 0.992. The third-order valence-electron chi connectivity index (χ3n) is 11.9. The molecule has 1 aromatic heterocycles. The fourth-order valence-electron chi connectivity index (χ4n) is 9.11. The van der Waals surface area contributed by atoms with E-state index in [1.54, 1.807) is 0 Å². The summed E-state index contributed by atoms with van der Waals surface area (Å²) in [4.78, 5) is 13.9. The zero-order chi connectivity index (χ0) is 37.5. The molecule has 3 heteroatoms. The first-order valence-electron chi connectivity index (χ1n) is 19.6. The second kappa shape index (κ2) is 14.1. The van der Waals surface area contributed by atoms with E-state index in [-0.39, 0.29) is 5.41 Å². The van der Waals surface area contributed by atoms with Crippen LogP contribution in [0, 0.1) is 6.57 Å². The van der Waals surface area contributed by atoms with Gasteiger partial charge >= 0.3 is 0 Å². The Labute approximate surface area is 328 Å². The lowest BCUT2D eigenvalue weighted by Gasteiger charge is -2.36. The van der Waals surface area contributed by atoms with E-state index in [0.29, 0.717) is 5.82 Å². The van der Waals surface area contributed by atoms with Crippen molar-refractivity contribution < 1.29 is 0 Å². The maximum absolute atomic E-state index is 7.70. The topological polar surface area (TPSA) is 30.1 Å². The lowest BCUT2D eigenvalue weighted by Crippen LogP contribution is -2.28. The number of hydrogen-bond acceptors (Lipinski definition) is 2. The van der Waals surface area contributed by atoms with Crippen molar-refractivity contribution in [3.63, 3.8) is 0 Å². The molecule has 2 aliphatic rings. The van der Waals surface area contributed by atoms with Gasteiger partial charge in [0.05, 0.1) is 18.0 Å². The van der Waals surface area contributed by atoms with Gasteiger partial charge in [-0.15, -0.1) is 0 Å². The van der Waals surface area contributed by atoms with E-state index in [1.165, 1.54) is 63.8 Å². The second-order valence-electron chi connectivity index (χ2n) is 15.2. The van der Waals surface area contributed by atoms with E-state index >= 15 is 0 Å². The maximum atomic E-state index is 7.70. The lowest BCUT2D eigenvalue weighted by atomic mass is 9.67. The van der Waals surface area contributed by atoms with Crippen molar-refractivity contribution in [2.45, 2.75) is 37.5 Å². The third-order valence-corrected chi connectivity index (χ3v) is 11.9. The quantitative estimate of drug-likeness (QED) is 0.160. The summed E-state index contributed by atoms with van der Waals surface area (Å²) in [7, 11) is 0. The van der Waals surface area contributed by atoms with Crippen LogP contribution in [0.5, 0.6) is 0 Å². The van der Waals surface area contributed by atoms with Gasteiger partial charge in [-0.2, -0.15) is 0 Å². The summed E-state index contributed by atoms with van der Waals surface area (Å²) in [6.07, 6.45) is 6.02. The van der Waals surface area contributed by atoms with Gasteiger partial charge in [-0.25, -0.2) is 14.8 Å². The summed E-state index contributed by atoms with van der Waals surface area (Å²) in [5.74, 6) is 0.713. The molecule has 2 aliphatic carbocycles. The lowest BCUT2D eigenvalue weighted by molar-refractivity contribution is 0.353. The second-order valence-corrected chi connectivity index (χ2v) is 15.2. The molecule has 8 aromatic rings. The molecule has 56 heavy (non-hydrogen) atoms. The highest BCUT2D eigenvalue weighted by Gasteiger charge is 2.43. The average molecular weight is 718 g/mol. The first-order chi connectivity index (χ1) is 27.6. The van der Waals surface area contributed by atoms with Gasteiger partial charge in [0.1, 0.15) is 0 Å². The fraction of sp³-hybridized carbons (Fsp3) is 0.113. The Kier molecular flexibility index (Phi) is 8.46. The van der Waals surface area contributed by atoms with Crippen LogP contribution in [0.25, 0.3) is 83.3 Å². The van der Waals surface area contributed by atoms with Crippen molar-refractivity contribution in [1.29, 1.82) is 0 Å². The highest BCUT2D eigenvalue weighted by molar-refractivity contribution is 5.86. The number of benzene rings is 7. The number of rotatable bonds is 6. The monoisotopic (exact) mass is 717 g/mol. The Morgan fingerprint density at radius 2 is 0.857 bits per heavy atom. The average Bonchev–Trinajstić information content (AvgIpc) is 3.54. The first-order valence-corrected chi connectivity index (χ1v) is 19.6. The molecule has 0 atom stereocenters. The smallest absolute Gasteiger partial charge is 0.187 e. The number of aromatic nitrogens is 2. The summed E-state index contributed by atoms with van der Waals surface area (Å²) in [5.41, 5.74) is 18.2. The molecule has 1 spiro atoms. The molecule has 10 rings (SSSR count). The van der Waals surface area contributed by atoms with E-state index in [9.17, 15) is 0 Å². The van der Waals surface area contributed by atoms with Crippen molar-refractivity contribution in [3.05, 3.63) is 198 Å². The molecule has 0 saturated heterocycles. The zero-order valence-electron chi connectivity index (χ0n) is 31.1. The van der Waals surface area contributed by atoms with E-state index in [2.05, 4.69) is 138 Å². The highest BCUT2D eigenvalue weighted by Crippen LogP contribution is 2.57. The molecule has 0 bridgehead atoms. The van der Waals surface area contributed by atoms with Gasteiger partial charge < -0.3 is 0 Å². The van der Waals surface area contributed by atoms with Crippen molar-refractivity contribution in [3.8, 4) is 78.4 Å². The number of hydrogen-bond donors (Lipinski definition) is 0. The van der Waals surface area contributed by atoms with Crippen molar-refractivity contribution in [2.24, 2.45) is 0 Å². The number of nitrogens with zero attached hydrogens (tertiary/aromatic N) is 3. The molecular formula is C53H39N3. The standard InChI is InChI=1S/C53H39N3/c1-54-45-25-27-47-46-26-24-43(33-48(46)53(49(47)34-45)28-9-4-10-29-53)41-21-12-19-39(31-41)38-18-11-20-40(30-38)42-22-13-23-44(32-42)51-35-50(36-14-5-2-6-15-36)55-52(56-51)37-16-7-3-8-17-37/h2-3,5-8,11-27,30-35H,4,9-10,28-29H2. The minimum Gasteiger partial charge on any atom is -0.238 e. The Morgan fingerprint density at radius 1 is 0.393 bits per heavy atom. The minimum atomic E-state index is -0.00187. The van der Waals surface area contributed by atoms with Crippen LogP contribution in [0.1, 0.15) is 43.2 Å². The van der Waals surface area contributed by atoms with E-state index in [0.717, 1.165) is 57.7 Å². The molecular weight excluding hydrogens is 679 g/mol. The predicted octanol–water partition coefficient (Wildman–Crippen LogP) is 14.3. The van der Waals surface area contributed by atoms with Crippen molar-refractivity contribution in [1.82, 2.24) is 9.97 Å². The molecule has 0 unspecified atom stereocenters. The summed E-state index contributed by atoms with van der Waals surface area (Å²) < 4.78 is 0. The molecule has 1 saturated carbocycles. The minimum absolute atomic E-state index is 0.00187. The van der Waals surface area contributed by atoms with Crippen LogP contribution < -0.4 is 0 Å². The van der Waals surface area contributed by atoms with Crippen molar-refractivity contribution in [2.75, 3.05) is 0 Å². The molecule has 0 amide bonds. The summed E-state index contributed by atoms with van der Waals surface area (Å²) in [6.45, 7) is 7.70. The zero-order valence-corrected chi connectivity index (χ0v) is 31.1. The predicted molar refractivity (Wildman–Crippen MR) is 230 cm³/mol. The molecule has 1 heterocycles. The van der Waals surface area contributed by atoms with Gasteiger partial charge in [-0.05, 0) is 98.8 Å². The van der Waals surface area contributed by atoms with Crippen molar-refractivity contribution >= 4 is 5.69 Å². The van der Waals surface area contributed by atoms with Crippen LogP contribution in [0.3, 0.4) is 0 Å². The van der Waals surface area contributed by atoms with Crippen LogP contribution >= 0.6 is 0 Å². The van der Waals surface area contributed by atoms with Gasteiger partial charge in [0.25, 0.3) is 0 Å². The summed E-state index contributed by atoms with van der Waals surface area (Å²) in [5, 5.41) is 0. The normalized spacial score (nSPS) is 13.8. The van der Waals surface area contributed by atoms with Gasteiger partial charge in [0.15, 0.2) is 11.5 Å². The SMILES string of the molecule is [C-]#[N+]c1ccc2c(c1)C1(CCCCC1)c1cc(-c3cccc(-c4cccc(-c5cccc(-c6cc(-c7ccccc7)nc(-c7ccccc7)n6)c5)c4)c3)ccc1-2. The first kappa shape index (κ1) is 33.7. The molecule has 7 aromatic carbocycles. The van der Waals surface area contributed by atoms with E-state index in [4.69, 9.17) is 16.5 Å². The maximum Gasteiger partial charge on any atom is 0.187 e. The molecule has 266 valence electrons. The van der Waals surface area contributed by atoms with E-state index < -0.39 is 0 Å². The number of fused-ring (bicyclic) bond motifs is 5. The van der Waals surface area contributed by atoms with Gasteiger partial charge in [-0.1, -0.05) is 165 Å². The van der Waals surface area contributed by atoms with Gasteiger partial charge in [-0.3, -0.25) is 0 Å². The Morgan fingerprint density at radius 3 is 1.45 bits per heavy atom. The van der Waals surface area contributed by atoms with Crippen LogP contribution in [0.15, 0.2) is 176 Å². The molecule has 3 nitrogen and oxygen atoms in total. The molecule has 0 N–H and O–H groups in total. The largest absolute Gasteiger partial charge is 0.238 e. The van der Waals surface area contributed by atoms with E-state index in [1.807, 2.05) is 42.5 Å². The molecule has 0 radical (unpaired) electrons. The summed E-state index contributed by atoms with van der Waals surface area (Å²) >= 11 is 0. The van der Waals surface area contributed by atoms with Crippen LogP contribution in [-0.2, 0) is 5.41 Å². The fourth-order valence-corrected chi connectivity index (χ4v) is 9.11. The highest BCUT2D eigenvalue weighted by atomic mass is 14.9. The Bertz CT molecular complexity index is 2730.